The van der Waals surface area contributed by atoms with E-state index >= 15 is 0 Å². The summed E-state index contributed by atoms with van der Waals surface area (Å²) in [5.74, 6) is -0.979. The smallest absolute Gasteiger partial charge is 0.407 e. The third-order valence-electron chi connectivity index (χ3n) is 7.84. The zero-order chi connectivity index (χ0) is 31.8. The number of carbonyl (C=O) groups excluding carboxylic acids is 3. The van der Waals surface area contributed by atoms with Crippen LogP contribution in [0.3, 0.4) is 0 Å². The Morgan fingerprint density at radius 1 is 1.12 bits per heavy atom. The summed E-state index contributed by atoms with van der Waals surface area (Å²) in [5.41, 5.74) is 1.93. The molecule has 1 fully saturated rings. The molecule has 1 aliphatic rings. The van der Waals surface area contributed by atoms with E-state index in [9.17, 15) is 14.4 Å². The first-order valence-electron chi connectivity index (χ1n) is 14.4. The Morgan fingerprint density at radius 3 is 2.40 bits per heavy atom. The third kappa shape index (κ3) is 8.06. The van der Waals surface area contributed by atoms with Gasteiger partial charge in [0.25, 0.3) is 0 Å². The average molecular weight is 611 g/mol. The number of methoxy groups -OCH3 is 2. The fourth-order valence-electron chi connectivity index (χ4n) is 5.37. The molecule has 0 saturated carbocycles. The Bertz CT molecular complexity index is 1320. The number of nitrogens with one attached hydrogen (secondary N) is 1. The van der Waals surface area contributed by atoms with Crippen LogP contribution in [0.2, 0.25) is 5.02 Å². The van der Waals surface area contributed by atoms with Crippen molar-refractivity contribution in [2.45, 2.75) is 64.1 Å². The molecular formula is C34H43ClN2O6. The van der Waals surface area contributed by atoms with Crippen LogP contribution in [-0.2, 0) is 29.4 Å². The molecule has 1 saturated heterocycles. The molecule has 1 heterocycles. The summed E-state index contributed by atoms with van der Waals surface area (Å²) in [4.78, 5) is 41.3. The van der Waals surface area contributed by atoms with Crippen LogP contribution in [0.25, 0.3) is 17.2 Å². The van der Waals surface area contributed by atoms with Crippen molar-refractivity contribution >= 4 is 35.6 Å². The highest BCUT2D eigenvalue weighted by atomic mass is 35.5. The van der Waals surface area contributed by atoms with Gasteiger partial charge in [0.1, 0.15) is 17.7 Å². The maximum atomic E-state index is 14.1. The van der Waals surface area contributed by atoms with E-state index in [-0.39, 0.29) is 19.6 Å². The van der Waals surface area contributed by atoms with Gasteiger partial charge >= 0.3 is 12.1 Å². The first-order valence-corrected chi connectivity index (χ1v) is 14.8. The Labute approximate surface area is 260 Å². The van der Waals surface area contributed by atoms with Gasteiger partial charge in [0.05, 0.1) is 20.3 Å². The van der Waals surface area contributed by atoms with Gasteiger partial charge in [-0.3, -0.25) is 4.79 Å². The number of halogens is 1. The number of likely N-dealkylation sites (tertiary alicyclic amines) is 1. The van der Waals surface area contributed by atoms with E-state index in [0.717, 1.165) is 35.1 Å². The van der Waals surface area contributed by atoms with Crippen molar-refractivity contribution in [3.8, 4) is 11.1 Å². The maximum Gasteiger partial charge on any atom is 0.407 e. The quantitative estimate of drug-likeness (QED) is 0.162. The van der Waals surface area contributed by atoms with Crippen molar-refractivity contribution in [2.75, 3.05) is 27.4 Å². The Hall–Kier alpha value is -3.62. The normalized spacial score (nSPS) is 18.9. The SMILES string of the molecule is C=CCCCCOC(=O)N[C@H](C(=O)N1CC(OC)(c2ccc(-c3cc(Cl)ccc3C=C)cc2)CC1C(=O)OC)C(C)(C)C. The number of nitrogens with zero attached hydrogens (tertiary/aromatic N) is 1. The number of carbonyl (C=O) groups is 3. The van der Waals surface area contributed by atoms with E-state index in [4.69, 9.17) is 25.8 Å². The van der Waals surface area contributed by atoms with Gasteiger partial charge in [0.2, 0.25) is 5.91 Å². The molecule has 2 unspecified atom stereocenters. The summed E-state index contributed by atoms with van der Waals surface area (Å²) in [6, 6.07) is 11.5. The first kappa shape index (κ1) is 33.9. The van der Waals surface area contributed by atoms with Gasteiger partial charge in [-0.15, -0.1) is 6.58 Å². The summed E-state index contributed by atoms with van der Waals surface area (Å²) >= 11 is 6.27. The topological polar surface area (TPSA) is 94.2 Å². The summed E-state index contributed by atoms with van der Waals surface area (Å²) in [5, 5.41) is 3.36. The zero-order valence-electron chi connectivity index (χ0n) is 25.8. The number of unbranched alkanes of at least 4 members (excludes halogenated alkanes) is 2. The predicted octanol–water partition coefficient (Wildman–Crippen LogP) is 6.76. The summed E-state index contributed by atoms with van der Waals surface area (Å²) < 4.78 is 16.5. The van der Waals surface area contributed by atoms with Gasteiger partial charge in [0.15, 0.2) is 0 Å². The van der Waals surface area contributed by atoms with E-state index in [2.05, 4.69) is 18.5 Å². The Morgan fingerprint density at radius 2 is 1.81 bits per heavy atom. The second-order valence-corrected chi connectivity index (χ2v) is 12.2. The van der Waals surface area contributed by atoms with Gasteiger partial charge in [-0.2, -0.15) is 0 Å². The molecule has 0 radical (unpaired) electrons. The largest absolute Gasteiger partial charge is 0.467 e. The molecule has 3 rings (SSSR count). The van der Waals surface area contributed by atoms with Crippen LogP contribution >= 0.6 is 11.6 Å². The lowest BCUT2D eigenvalue weighted by Gasteiger charge is -2.35. The van der Waals surface area contributed by atoms with Gasteiger partial charge in [-0.05, 0) is 59.1 Å². The zero-order valence-corrected chi connectivity index (χ0v) is 26.5. The Balaban J connectivity index is 1.90. The molecule has 2 amide bonds. The standard InChI is InChI=1S/C34H43ClN2O6/c1-8-10-11-12-19-43-32(40)36-29(33(3,4)5)30(38)37-22-34(42-7,21-28(37)31(39)41-6)25-16-13-24(14-17-25)27-20-26(35)18-15-23(27)9-2/h8-9,13-18,20,28-29H,1-2,10-12,19,21-22H2,3-7H3,(H,36,40)/t28?,29-,34?/m1/s1. The molecule has 0 aliphatic carbocycles. The monoisotopic (exact) mass is 610 g/mol. The second kappa shape index (κ2) is 14.7. The molecule has 3 atom stereocenters. The number of benzene rings is 2. The minimum atomic E-state index is -0.989. The van der Waals surface area contributed by atoms with Crippen LogP contribution in [0, 0.1) is 5.41 Å². The van der Waals surface area contributed by atoms with Crippen molar-refractivity contribution in [1.29, 1.82) is 0 Å². The lowest BCUT2D eigenvalue weighted by atomic mass is 9.85. The van der Waals surface area contributed by atoms with E-state index in [1.54, 1.807) is 13.2 Å². The first-order chi connectivity index (χ1) is 20.4. The molecule has 232 valence electrons. The lowest BCUT2D eigenvalue weighted by Crippen LogP contribution is -2.57. The third-order valence-corrected chi connectivity index (χ3v) is 8.08. The van der Waals surface area contributed by atoms with Gasteiger partial charge in [-0.25, -0.2) is 9.59 Å². The maximum absolute atomic E-state index is 14.1. The fraction of sp³-hybridized carbons (Fsp3) is 0.441. The summed E-state index contributed by atoms with van der Waals surface area (Å²) in [7, 11) is 2.85. The van der Waals surface area contributed by atoms with E-state index in [1.165, 1.54) is 12.0 Å². The van der Waals surface area contributed by atoms with E-state index in [1.807, 2.05) is 69.3 Å². The second-order valence-electron chi connectivity index (χ2n) is 11.8. The van der Waals surface area contributed by atoms with Crippen molar-refractivity contribution < 1.29 is 28.6 Å². The number of amides is 2. The van der Waals surface area contributed by atoms with E-state index < -0.39 is 41.1 Å². The number of rotatable bonds is 12. The Kier molecular flexibility index (Phi) is 11.6. The molecule has 8 nitrogen and oxygen atoms in total. The minimum absolute atomic E-state index is 0.0847. The highest BCUT2D eigenvalue weighted by molar-refractivity contribution is 6.31. The number of hydrogen-bond donors (Lipinski definition) is 1. The number of alkyl carbamates (subject to hydrolysis) is 1. The molecule has 1 N–H and O–H groups in total. The molecular weight excluding hydrogens is 568 g/mol. The predicted molar refractivity (Wildman–Crippen MR) is 170 cm³/mol. The lowest BCUT2D eigenvalue weighted by molar-refractivity contribution is -0.152. The number of ether oxygens (including phenoxy) is 3. The van der Waals surface area contributed by atoms with Crippen molar-refractivity contribution in [2.24, 2.45) is 5.41 Å². The highest BCUT2D eigenvalue weighted by Crippen LogP contribution is 2.41. The fourth-order valence-corrected chi connectivity index (χ4v) is 5.54. The van der Waals surface area contributed by atoms with Crippen molar-refractivity contribution in [3.63, 3.8) is 0 Å². The average Bonchev–Trinajstić information content (AvgIpc) is 3.40. The van der Waals surface area contributed by atoms with Crippen molar-refractivity contribution in [3.05, 3.63) is 77.8 Å². The molecule has 1 aliphatic heterocycles. The van der Waals surface area contributed by atoms with Crippen LogP contribution < -0.4 is 5.32 Å². The van der Waals surface area contributed by atoms with Crippen LogP contribution in [0.15, 0.2) is 61.7 Å². The van der Waals surface area contributed by atoms with Gasteiger partial charge in [0, 0.05) is 18.6 Å². The molecule has 0 aromatic heterocycles. The number of esters is 1. The molecule has 0 spiro atoms. The summed E-state index contributed by atoms with van der Waals surface area (Å²) in [6.45, 7) is 13.4. The molecule has 0 bridgehead atoms. The molecule has 9 heteroatoms. The minimum Gasteiger partial charge on any atom is -0.467 e. The highest BCUT2D eigenvalue weighted by Gasteiger charge is 2.53. The summed E-state index contributed by atoms with van der Waals surface area (Å²) in [6.07, 6.45) is 5.45. The number of allylic oxidation sites excluding steroid dienone is 1. The van der Waals surface area contributed by atoms with E-state index in [0.29, 0.717) is 11.4 Å². The van der Waals surface area contributed by atoms with Crippen LogP contribution in [-0.4, -0.2) is 62.3 Å². The van der Waals surface area contributed by atoms with Crippen LogP contribution in [0.4, 0.5) is 4.79 Å². The van der Waals surface area contributed by atoms with Crippen LogP contribution in [0.1, 0.15) is 57.6 Å². The van der Waals surface area contributed by atoms with Gasteiger partial charge < -0.3 is 24.4 Å². The molecule has 2 aromatic carbocycles. The van der Waals surface area contributed by atoms with Gasteiger partial charge in [-0.1, -0.05) is 81.4 Å². The number of hydrogen-bond acceptors (Lipinski definition) is 6. The van der Waals surface area contributed by atoms with Crippen molar-refractivity contribution in [1.82, 2.24) is 10.2 Å². The van der Waals surface area contributed by atoms with Crippen LogP contribution in [0.5, 0.6) is 0 Å². The molecule has 43 heavy (non-hydrogen) atoms. The molecule has 2 aromatic rings.